The lowest BCUT2D eigenvalue weighted by atomic mass is 10.2. The molecule has 0 saturated carbocycles. The Bertz CT molecular complexity index is 339. The van der Waals surface area contributed by atoms with Gasteiger partial charge in [-0.2, -0.15) is 0 Å². The van der Waals surface area contributed by atoms with Crippen molar-refractivity contribution < 1.29 is 13.9 Å². The SMILES string of the molecule is CCNC(=O)c1cc(F)ccc1OC. The molecule has 4 heteroatoms. The van der Waals surface area contributed by atoms with Crippen LogP contribution in [0.5, 0.6) is 5.75 Å². The normalized spacial score (nSPS) is 9.64. The Labute approximate surface area is 81.9 Å². The maximum absolute atomic E-state index is 12.8. The van der Waals surface area contributed by atoms with E-state index < -0.39 is 5.82 Å². The van der Waals surface area contributed by atoms with Crippen LogP contribution in [0.3, 0.4) is 0 Å². The molecule has 1 aromatic carbocycles. The lowest BCUT2D eigenvalue weighted by molar-refractivity contribution is 0.0952. The molecule has 14 heavy (non-hydrogen) atoms. The fourth-order valence-electron chi connectivity index (χ4n) is 1.11. The van der Waals surface area contributed by atoms with E-state index in [1.807, 2.05) is 0 Å². The second-order valence-electron chi connectivity index (χ2n) is 2.70. The van der Waals surface area contributed by atoms with Crippen molar-refractivity contribution in [2.45, 2.75) is 6.92 Å². The number of methoxy groups -OCH3 is 1. The molecule has 0 radical (unpaired) electrons. The Kier molecular flexibility index (Phi) is 3.45. The number of benzene rings is 1. The third kappa shape index (κ3) is 2.22. The third-order valence-corrected chi connectivity index (χ3v) is 1.74. The summed E-state index contributed by atoms with van der Waals surface area (Å²) in [5, 5.41) is 2.58. The monoisotopic (exact) mass is 197 g/mol. The van der Waals surface area contributed by atoms with E-state index in [9.17, 15) is 9.18 Å². The maximum Gasteiger partial charge on any atom is 0.255 e. The number of hydrogen-bond donors (Lipinski definition) is 1. The first kappa shape index (κ1) is 10.5. The lowest BCUT2D eigenvalue weighted by Crippen LogP contribution is -2.23. The molecule has 0 aliphatic carbocycles. The quantitative estimate of drug-likeness (QED) is 0.799. The predicted octanol–water partition coefficient (Wildman–Crippen LogP) is 1.58. The van der Waals surface area contributed by atoms with Crippen LogP contribution in [0.15, 0.2) is 18.2 Å². The number of carbonyl (C=O) groups is 1. The third-order valence-electron chi connectivity index (χ3n) is 1.74. The highest BCUT2D eigenvalue weighted by molar-refractivity contribution is 5.96. The summed E-state index contributed by atoms with van der Waals surface area (Å²) in [5.74, 6) is -0.409. The Morgan fingerprint density at radius 1 is 1.57 bits per heavy atom. The van der Waals surface area contributed by atoms with Gasteiger partial charge in [-0.1, -0.05) is 0 Å². The Hall–Kier alpha value is -1.58. The molecule has 1 amide bonds. The average molecular weight is 197 g/mol. The van der Waals surface area contributed by atoms with Crippen LogP contribution in [0.1, 0.15) is 17.3 Å². The zero-order chi connectivity index (χ0) is 10.6. The van der Waals surface area contributed by atoms with Crippen molar-refractivity contribution in [3.8, 4) is 5.75 Å². The second kappa shape index (κ2) is 4.60. The molecular weight excluding hydrogens is 185 g/mol. The standard InChI is InChI=1S/C10H12FNO2/c1-3-12-10(13)8-6-7(11)4-5-9(8)14-2/h4-6H,3H2,1-2H3,(H,12,13). The molecule has 0 aliphatic rings. The molecule has 0 bridgehead atoms. The minimum atomic E-state index is -0.452. The lowest BCUT2D eigenvalue weighted by Gasteiger charge is -2.07. The first-order valence-electron chi connectivity index (χ1n) is 4.30. The number of rotatable bonds is 3. The van der Waals surface area contributed by atoms with E-state index >= 15 is 0 Å². The van der Waals surface area contributed by atoms with Gasteiger partial charge in [-0.15, -0.1) is 0 Å². The van der Waals surface area contributed by atoms with Gasteiger partial charge in [-0.25, -0.2) is 4.39 Å². The molecule has 1 N–H and O–H groups in total. The summed E-state index contributed by atoms with van der Waals surface area (Å²) in [6, 6.07) is 3.84. The van der Waals surface area contributed by atoms with E-state index in [1.54, 1.807) is 6.92 Å². The van der Waals surface area contributed by atoms with E-state index in [2.05, 4.69) is 5.32 Å². The van der Waals surface area contributed by atoms with Crippen LogP contribution in [0, 0.1) is 5.82 Å². The second-order valence-corrected chi connectivity index (χ2v) is 2.70. The molecule has 1 aromatic rings. The minimum Gasteiger partial charge on any atom is -0.496 e. The smallest absolute Gasteiger partial charge is 0.255 e. The molecular formula is C10H12FNO2. The fraction of sp³-hybridized carbons (Fsp3) is 0.300. The fourth-order valence-corrected chi connectivity index (χ4v) is 1.11. The van der Waals surface area contributed by atoms with Gasteiger partial charge in [-0.05, 0) is 25.1 Å². The van der Waals surface area contributed by atoms with Gasteiger partial charge in [0.1, 0.15) is 11.6 Å². The molecule has 0 heterocycles. The van der Waals surface area contributed by atoms with E-state index in [4.69, 9.17) is 4.74 Å². The first-order chi connectivity index (χ1) is 6.69. The molecule has 0 spiro atoms. The molecule has 0 saturated heterocycles. The highest BCUT2D eigenvalue weighted by Gasteiger charge is 2.11. The van der Waals surface area contributed by atoms with E-state index in [0.717, 1.165) is 6.07 Å². The van der Waals surface area contributed by atoms with Gasteiger partial charge >= 0.3 is 0 Å². The van der Waals surface area contributed by atoms with Crippen molar-refractivity contribution in [3.05, 3.63) is 29.6 Å². The zero-order valence-electron chi connectivity index (χ0n) is 8.13. The minimum absolute atomic E-state index is 0.217. The van der Waals surface area contributed by atoms with Crippen molar-refractivity contribution in [2.75, 3.05) is 13.7 Å². The molecule has 0 unspecified atom stereocenters. The molecule has 1 rings (SSSR count). The number of hydrogen-bond acceptors (Lipinski definition) is 2. The van der Waals surface area contributed by atoms with Crippen LogP contribution < -0.4 is 10.1 Å². The van der Waals surface area contributed by atoms with Crippen LogP contribution in [-0.2, 0) is 0 Å². The van der Waals surface area contributed by atoms with Crippen molar-refractivity contribution in [1.29, 1.82) is 0 Å². The number of carbonyl (C=O) groups excluding carboxylic acids is 1. The zero-order valence-corrected chi connectivity index (χ0v) is 8.13. The highest BCUT2D eigenvalue weighted by Crippen LogP contribution is 2.18. The number of halogens is 1. The van der Waals surface area contributed by atoms with Crippen LogP contribution >= 0.6 is 0 Å². The summed E-state index contributed by atoms with van der Waals surface area (Å²) in [4.78, 5) is 11.4. The van der Waals surface area contributed by atoms with E-state index in [-0.39, 0.29) is 11.5 Å². The van der Waals surface area contributed by atoms with Crippen LogP contribution in [-0.4, -0.2) is 19.6 Å². The molecule has 0 aromatic heterocycles. The van der Waals surface area contributed by atoms with Gasteiger partial charge in [-0.3, -0.25) is 4.79 Å². The maximum atomic E-state index is 12.8. The summed E-state index contributed by atoms with van der Waals surface area (Å²) in [6.07, 6.45) is 0. The summed E-state index contributed by atoms with van der Waals surface area (Å²) in [7, 11) is 1.44. The van der Waals surface area contributed by atoms with Crippen LogP contribution in [0.4, 0.5) is 4.39 Å². The van der Waals surface area contributed by atoms with Gasteiger partial charge in [0.2, 0.25) is 0 Å². The van der Waals surface area contributed by atoms with Crippen molar-refractivity contribution >= 4 is 5.91 Å². The average Bonchev–Trinajstić information content (AvgIpc) is 2.18. The van der Waals surface area contributed by atoms with Gasteiger partial charge in [0, 0.05) is 6.54 Å². The Morgan fingerprint density at radius 2 is 2.29 bits per heavy atom. The summed E-state index contributed by atoms with van der Waals surface area (Å²) in [6.45, 7) is 2.29. The topological polar surface area (TPSA) is 38.3 Å². The summed E-state index contributed by atoms with van der Waals surface area (Å²) < 4.78 is 17.8. The number of ether oxygens (including phenoxy) is 1. The van der Waals surface area contributed by atoms with Crippen molar-refractivity contribution in [1.82, 2.24) is 5.32 Å². The van der Waals surface area contributed by atoms with Crippen LogP contribution in [0.2, 0.25) is 0 Å². The Morgan fingerprint density at radius 3 is 2.86 bits per heavy atom. The highest BCUT2D eigenvalue weighted by atomic mass is 19.1. The van der Waals surface area contributed by atoms with Crippen molar-refractivity contribution in [2.24, 2.45) is 0 Å². The van der Waals surface area contributed by atoms with Crippen LogP contribution in [0.25, 0.3) is 0 Å². The van der Waals surface area contributed by atoms with Crippen molar-refractivity contribution in [3.63, 3.8) is 0 Å². The Balaban J connectivity index is 3.03. The van der Waals surface area contributed by atoms with E-state index in [1.165, 1.54) is 19.2 Å². The summed E-state index contributed by atoms with van der Waals surface area (Å²) in [5.41, 5.74) is 0.217. The summed E-state index contributed by atoms with van der Waals surface area (Å²) >= 11 is 0. The van der Waals surface area contributed by atoms with Gasteiger partial charge in [0.15, 0.2) is 0 Å². The molecule has 3 nitrogen and oxygen atoms in total. The molecule has 76 valence electrons. The van der Waals surface area contributed by atoms with E-state index in [0.29, 0.717) is 12.3 Å². The number of amides is 1. The molecule has 0 aliphatic heterocycles. The van der Waals surface area contributed by atoms with Gasteiger partial charge in [0.05, 0.1) is 12.7 Å². The van der Waals surface area contributed by atoms with Gasteiger partial charge < -0.3 is 10.1 Å². The molecule has 0 fully saturated rings. The number of nitrogens with one attached hydrogen (secondary N) is 1. The van der Waals surface area contributed by atoms with Gasteiger partial charge in [0.25, 0.3) is 5.91 Å². The molecule has 0 atom stereocenters. The largest absolute Gasteiger partial charge is 0.496 e. The first-order valence-corrected chi connectivity index (χ1v) is 4.30. The predicted molar refractivity (Wildman–Crippen MR) is 51.0 cm³/mol.